The molecule has 0 amide bonds. The minimum Gasteiger partial charge on any atom is -0.309 e. The van der Waals surface area contributed by atoms with Crippen LogP contribution in [0, 0.1) is 0 Å². The number of aryl methyl sites for hydroxylation is 1. The summed E-state index contributed by atoms with van der Waals surface area (Å²) >= 11 is 1.26. The van der Waals surface area contributed by atoms with Crippen LogP contribution in [-0.4, -0.2) is 30.2 Å². The second kappa shape index (κ2) is 9.23. The van der Waals surface area contributed by atoms with Crippen molar-refractivity contribution in [2.45, 2.75) is 11.7 Å². The summed E-state index contributed by atoms with van der Waals surface area (Å²) in [5.74, 6) is 0.139. The van der Waals surface area contributed by atoms with Crippen LogP contribution in [0.2, 0.25) is 0 Å². The van der Waals surface area contributed by atoms with E-state index in [2.05, 4.69) is 4.98 Å². The number of thioether (sulfide) groups is 1. The van der Waals surface area contributed by atoms with Crippen molar-refractivity contribution < 1.29 is 4.79 Å². The zero-order valence-corrected chi connectivity index (χ0v) is 18.6. The molecule has 8 heteroatoms. The maximum absolute atomic E-state index is 12.9. The van der Waals surface area contributed by atoms with E-state index in [-0.39, 0.29) is 11.5 Å². The van der Waals surface area contributed by atoms with Gasteiger partial charge in [0, 0.05) is 26.2 Å². The number of hydrogen-bond donors (Lipinski definition) is 0. The summed E-state index contributed by atoms with van der Waals surface area (Å²) in [6, 6.07) is 18.9. The number of imidazole rings is 1. The third-order valence-electron chi connectivity index (χ3n) is 5.14. The minimum atomic E-state index is -0.441. The highest BCUT2D eigenvalue weighted by Gasteiger charge is 2.19. The normalized spacial score (nSPS) is 11.4. The molecule has 162 valence electrons. The molecule has 0 atom stereocenters. The lowest BCUT2D eigenvalue weighted by Gasteiger charge is -2.07. The van der Waals surface area contributed by atoms with Gasteiger partial charge in [-0.05, 0) is 5.56 Å². The molecule has 32 heavy (non-hydrogen) atoms. The highest BCUT2D eigenvalue weighted by molar-refractivity contribution is 7.99. The molecule has 0 aliphatic rings. The van der Waals surface area contributed by atoms with Gasteiger partial charge in [0.2, 0.25) is 0 Å². The number of carbonyl (C=O) groups excluding carboxylic acids is 1. The Morgan fingerprint density at radius 2 is 1.62 bits per heavy atom. The summed E-state index contributed by atoms with van der Waals surface area (Å²) in [6.45, 7) is 0.376. The molecule has 0 radical (unpaired) electrons. The van der Waals surface area contributed by atoms with Crippen LogP contribution in [-0.2, 0) is 20.6 Å². The molecule has 0 aliphatic heterocycles. The first kappa shape index (κ1) is 21.6. The van der Waals surface area contributed by atoms with E-state index < -0.39 is 11.2 Å². The zero-order chi connectivity index (χ0) is 22.7. The standard InChI is InChI=1S/C24H22N4O3S/c1-26-21-20(22(30)27(2)24(26)31)28(15-9-12-17-10-5-3-6-11-17)23(25-21)32-16-19(29)18-13-7-4-8-14-18/h3-14H,15-16H2,1-2H3/b12-9+. The fourth-order valence-electron chi connectivity index (χ4n) is 3.40. The molecule has 0 bridgehead atoms. The molecule has 2 aromatic carbocycles. The highest BCUT2D eigenvalue weighted by Crippen LogP contribution is 2.23. The van der Waals surface area contributed by atoms with E-state index in [1.54, 1.807) is 23.7 Å². The number of carbonyl (C=O) groups is 1. The molecule has 4 aromatic rings. The first-order valence-electron chi connectivity index (χ1n) is 10.1. The van der Waals surface area contributed by atoms with Crippen molar-refractivity contribution in [1.82, 2.24) is 18.7 Å². The molecular weight excluding hydrogens is 424 g/mol. The molecule has 0 unspecified atom stereocenters. The highest BCUT2D eigenvalue weighted by atomic mass is 32.2. The Bertz CT molecular complexity index is 1420. The predicted octanol–water partition coefficient (Wildman–Crippen LogP) is 3.12. The second-order valence-electron chi connectivity index (χ2n) is 7.27. The number of rotatable bonds is 7. The third kappa shape index (κ3) is 4.22. The third-order valence-corrected chi connectivity index (χ3v) is 6.12. The Morgan fingerprint density at radius 1 is 0.969 bits per heavy atom. The maximum Gasteiger partial charge on any atom is 0.332 e. The van der Waals surface area contributed by atoms with Crippen LogP contribution in [0.15, 0.2) is 81.5 Å². The van der Waals surface area contributed by atoms with E-state index in [4.69, 9.17) is 0 Å². The molecule has 2 heterocycles. The van der Waals surface area contributed by atoms with E-state index in [0.717, 1.165) is 10.1 Å². The van der Waals surface area contributed by atoms with Gasteiger partial charge in [0.15, 0.2) is 22.1 Å². The van der Waals surface area contributed by atoms with Gasteiger partial charge in [0.25, 0.3) is 5.56 Å². The number of Topliss-reactive ketones (excluding diaryl/α,β-unsaturated/α-hetero) is 1. The van der Waals surface area contributed by atoms with Gasteiger partial charge in [0.1, 0.15) is 0 Å². The largest absolute Gasteiger partial charge is 0.332 e. The number of benzene rings is 2. The van der Waals surface area contributed by atoms with Gasteiger partial charge in [-0.15, -0.1) is 0 Å². The summed E-state index contributed by atoms with van der Waals surface area (Å²) in [7, 11) is 3.04. The fraction of sp³-hybridized carbons (Fsp3) is 0.167. The van der Waals surface area contributed by atoms with Crippen LogP contribution in [0.5, 0.6) is 0 Å². The maximum atomic E-state index is 12.9. The van der Waals surface area contributed by atoms with Gasteiger partial charge in [0.05, 0.1) is 5.75 Å². The van der Waals surface area contributed by atoms with Gasteiger partial charge in [-0.1, -0.05) is 84.6 Å². The molecule has 0 spiro atoms. The minimum absolute atomic E-state index is 0.0316. The lowest BCUT2D eigenvalue weighted by Crippen LogP contribution is -2.37. The van der Waals surface area contributed by atoms with Gasteiger partial charge in [-0.25, -0.2) is 9.78 Å². The molecule has 0 saturated heterocycles. The van der Waals surface area contributed by atoms with Crippen molar-refractivity contribution in [2.75, 3.05) is 5.75 Å². The van der Waals surface area contributed by atoms with Crippen molar-refractivity contribution in [3.63, 3.8) is 0 Å². The summed E-state index contributed by atoms with van der Waals surface area (Å²) < 4.78 is 4.20. The first-order chi connectivity index (χ1) is 15.5. The van der Waals surface area contributed by atoms with Crippen LogP contribution in [0.3, 0.4) is 0 Å². The number of aromatic nitrogens is 4. The number of nitrogens with zero attached hydrogens (tertiary/aromatic N) is 4. The lowest BCUT2D eigenvalue weighted by molar-refractivity contribution is 0.102. The fourth-order valence-corrected chi connectivity index (χ4v) is 4.30. The van der Waals surface area contributed by atoms with Crippen molar-refractivity contribution in [2.24, 2.45) is 14.1 Å². The van der Waals surface area contributed by atoms with Crippen LogP contribution in [0.25, 0.3) is 17.2 Å². The van der Waals surface area contributed by atoms with Crippen molar-refractivity contribution >= 4 is 34.8 Å². The number of hydrogen-bond acceptors (Lipinski definition) is 5. The summed E-state index contributed by atoms with van der Waals surface area (Å²) in [5, 5.41) is 0.514. The topological polar surface area (TPSA) is 78.9 Å². The summed E-state index contributed by atoms with van der Waals surface area (Å²) in [4.78, 5) is 42.4. The van der Waals surface area contributed by atoms with Gasteiger partial charge < -0.3 is 4.57 Å². The summed E-state index contributed by atoms with van der Waals surface area (Å²) in [6.07, 6.45) is 3.89. The van der Waals surface area contributed by atoms with E-state index in [9.17, 15) is 14.4 Å². The second-order valence-corrected chi connectivity index (χ2v) is 8.22. The molecule has 2 aromatic heterocycles. The number of ketones is 1. The number of fused-ring (bicyclic) bond motifs is 1. The molecule has 4 rings (SSSR count). The van der Waals surface area contributed by atoms with Gasteiger partial charge >= 0.3 is 5.69 Å². The Labute approximate surface area is 188 Å². The quantitative estimate of drug-likeness (QED) is 0.322. The zero-order valence-electron chi connectivity index (χ0n) is 17.8. The Kier molecular flexibility index (Phi) is 6.23. The monoisotopic (exact) mass is 446 g/mol. The van der Waals surface area contributed by atoms with Crippen molar-refractivity contribution in [3.8, 4) is 0 Å². The van der Waals surface area contributed by atoms with Gasteiger partial charge in [-0.3, -0.25) is 18.7 Å². The molecule has 0 N–H and O–H groups in total. The molecule has 7 nitrogen and oxygen atoms in total. The smallest absolute Gasteiger partial charge is 0.309 e. The average molecular weight is 447 g/mol. The lowest BCUT2D eigenvalue weighted by atomic mass is 10.2. The van der Waals surface area contributed by atoms with Crippen LogP contribution < -0.4 is 11.2 Å². The van der Waals surface area contributed by atoms with Crippen LogP contribution in [0.1, 0.15) is 15.9 Å². The molecular formula is C24H22N4O3S. The number of allylic oxidation sites excluding steroid dienone is 1. The SMILES string of the molecule is Cn1c(=O)c2c(nc(SCC(=O)c3ccccc3)n2C/C=C/c2ccccc2)n(C)c1=O. The van der Waals surface area contributed by atoms with E-state index in [1.807, 2.05) is 60.7 Å². The Balaban J connectivity index is 1.72. The molecule has 0 fully saturated rings. The Hall–Kier alpha value is -3.65. The van der Waals surface area contributed by atoms with Crippen molar-refractivity contribution in [3.05, 3.63) is 98.7 Å². The van der Waals surface area contributed by atoms with E-state index in [0.29, 0.717) is 28.4 Å². The van der Waals surface area contributed by atoms with Crippen molar-refractivity contribution in [1.29, 1.82) is 0 Å². The van der Waals surface area contributed by atoms with Gasteiger partial charge in [-0.2, -0.15) is 0 Å². The average Bonchev–Trinajstić information content (AvgIpc) is 3.19. The molecule has 0 saturated carbocycles. The van der Waals surface area contributed by atoms with Crippen LogP contribution in [0.4, 0.5) is 0 Å². The van der Waals surface area contributed by atoms with Crippen LogP contribution >= 0.6 is 11.8 Å². The summed E-state index contributed by atoms with van der Waals surface area (Å²) in [5.41, 5.74) is 1.44. The molecule has 0 aliphatic carbocycles. The predicted molar refractivity (Wildman–Crippen MR) is 127 cm³/mol. The van der Waals surface area contributed by atoms with E-state index >= 15 is 0 Å². The van der Waals surface area contributed by atoms with E-state index in [1.165, 1.54) is 23.4 Å². The Morgan fingerprint density at radius 3 is 2.31 bits per heavy atom. The first-order valence-corrected chi connectivity index (χ1v) is 11.0.